The molecule has 1 aliphatic carbocycles. The molecular formula is C31H39NO2S. The van der Waals surface area contributed by atoms with E-state index in [1.807, 2.05) is 37.3 Å². The molecular weight excluding hydrogens is 450 g/mol. The Morgan fingerprint density at radius 2 is 1.80 bits per heavy atom. The molecule has 0 saturated carbocycles. The van der Waals surface area contributed by atoms with E-state index in [2.05, 4.69) is 73.0 Å². The van der Waals surface area contributed by atoms with E-state index in [0.29, 0.717) is 6.61 Å². The Morgan fingerprint density at radius 3 is 2.49 bits per heavy atom. The molecule has 0 spiro atoms. The number of nitrogens with zero attached hydrogens (tertiary/aromatic N) is 1. The van der Waals surface area contributed by atoms with Gasteiger partial charge in [-0.1, -0.05) is 79.3 Å². The van der Waals surface area contributed by atoms with Crippen molar-refractivity contribution in [2.45, 2.75) is 44.6 Å². The van der Waals surface area contributed by atoms with Crippen LogP contribution in [0.15, 0.2) is 114 Å². The second-order valence-corrected chi connectivity index (χ2v) is 9.19. The number of hydrogen-bond donors (Lipinski definition) is 0. The summed E-state index contributed by atoms with van der Waals surface area (Å²) >= 11 is 1.79. The molecule has 1 heterocycles. The topological polar surface area (TPSA) is 21.7 Å². The third-order valence-corrected chi connectivity index (χ3v) is 6.30. The van der Waals surface area contributed by atoms with Gasteiger partial charge in [-0.25, -0.2) is 4.31 Å². The zero-order valence-electron chi connectivity index (χ0n) is 21.4. The van der Waals surface area contributed by atoms with Gasteiger partial charge in [0.25, 0.3) is 0 Å². The van der Waals surface area contributed by atoms with Crippen molar-refractivity contribution < 1.29 is 9.47 Å². The molecule has 0 atom stereocenters. The summed E-state index contributed by atoms with van der Waals surface area (Å²) in [7, 11) is 1.69. The van der Waals surface area contributed by atoms with Crippen LogP contribution in [0.2, 0.25) is 0 Å². The zero-order chi connectivity index (χ0) is 25.3. The molecule has 2 aromatic rings. The summed E-state index contributed by atoms with van der Waals surface area (Å²) in [5.41, 5.74) is 4.17. The first kappa shape index (κ1) is 28.3. The van der Waals surface area contributed by atoms with E-state index in [0.717, 1.165) is 49.4 Å². The van der Waals surface area contributed by atoms with E-state index in [1.165, 1.54) is 10.5 Å². The predicted molar refractivity (Wildman–Crippen MR) is 152 cm³/mol. The third kappa shape index (κ3) is 10.1. The van der Waals surface area contributed by atoms with Gasteiger partial charge in [0.2, 0.25) is 0 Å². The van der Waals surface area contributed by atoms with Crippen LogP contribution in [0.3, 0.4) is 0 Å². The largest absolute Gasteiger partial charge is 0.493 e. The molecule has 0 radical (unpaired) electrons. The molecule has 3 nitrogen and oxygen atoms in total. The van der Waals surface area contributed by atoms with Gasteiger partial charge in [-0.3, -0.25) is 0 Å². The second-order valence-electron chi connectivity index (χ2n) is 8.02. The minimum atomic E-state index is 0.535. The van der Waals surface area contributed by atoms with Gasteiger partial charge in [-0.05, 0) is 67.5 Å². The van der Waals surface area contributed by atoms with Crippen LogP contribution in [0.5, 0.6) is 11.5 Å². The minimum Gasteiger partial charge on any atom is -0.493 e. The first-order chi connectivity index (χ1) is 17.1. The maximum absolute atomic E-state index is 5.97. The summed E-state index contributed by atoms with van der Waals surface area (Å²) in [4.78, 5) is 1.17. The minimum absolute atomic E-state index is 0.535. The fourth-order valence-electron chi connectivity index (χ4n) is 3.45. The number of allylic oxidation sites excluding steroid dienone is 5. The van der Waals surface area contributed by atoms with E-state index in [4.69, 9.17) is 9.47 Å². The highest BCUT2D eigenvalue weighted by Crippen LogP contribution is 2.36. The van der Waals surface area contributed by atoms with Crippen LogP contribution in [0.25, 0.3) is 0 Å². The lowest BCUT2D eigenvalue weighted by atomic mass is 9.99. The highest BCUT2D eigenvalue weighted by molar-refractivity contribution is 7.97. The van der Waals surface area contributed by atoms with E-state index in [9.17, 15) is 0 Å². The molecule has 0 unspecified atom stereocenters. The highest BCUT2D eigenvalue weighted by atomic mass is 32.2. The van der Waals surface area contributed by atoms with Crippen molar-refractivity contribution in [2.75, 3.05) is 20.2 Å². The lowest BCUT2D eigenvalue weighted by Crippen LogP contribution is -2.25. The van der Waals surface area contributed by atoms with Gasteiger partial charge < -0.3 is 9.47 Å². The maximum atomic E-state index is 5.97. The van der Waals surface area contributed by atoms with Gasteiger partial charge in [0.05, 0.1) is 7.11 Å². The number of ether oxygens (including phenoxy) is 2. The molecule has 2 aromatic carbocycles. The number of benzene rings is 2. The SMILES string of the molecule is C=CC.C=CCC.COc1cc(SN2CCC3=C(C=CC=CC3)C2)ccc1OCc1ccccc1. The van der Waals surface area contributed by atoms with Crippen LogP contribution in [-0.4, -0.2) is 24.5 Å². The molecule has 0 aromatic heterocycles. The molecule has 0 N–H and O–H groups in total. The smallest absolute Gasteiger partial charge is 0.161 e. The van der Waals surface area contributed by atoms with Gasteiger partial charge in [-0.15, -0.1) is 13.2 Å². The Morgan fingerprint density at radius 1 is 1.06 bits per heavy atom. The Balaban J connectivity index is 0.000000551. The predicted octanol–water partition coefficient (Wildman–Crippen LogP) is 8.57. The van der Waals surface area contributed by atoms with Crippen molar-refractivity contribution >= 4 is 11.9 Å². The lowest BCUT2D eigenvalue weighted by Gasteiger charge is -2.28. The Bertz CT molecular complexity index is 1010. The summed E-state index contributed by atoms with van der Waals surface area (Å²) in [6.45, 7) is 13.4. The molecule has 0 fully saturated rings. The van der Waals surface area contributed by atoms with Crippen LogP contribution in [0.4, 0.5) is 0 Å². The van der Waals surface area contributed by atoms with Crippen molar-refractivity contribution in [3.63, 3.8) is 0 Å². The van der Waals surface area contributed by atoms with Crippen molar-refractivity contribution in [3.05, 3.63) is 115 Å². The molecule has 2 aliphatic rings. The molecule has 0 amide bonds. The molecule has 0 bridgehead atoms. The summed E-state index contributed by atoms with van der Waals surface area (Å²) in [5.74, 6) is 1.55. The average molecular weight is 490 g/mol. The van der Waals surface area contributed by atoms with Crippen molar-refractivity contribution in [3.8, 4) is 11.5 Å². The monoisotopic (exact) mass is 489 g/mol. The molecule has 4 heteroatoms. The number of hydrogen-bond acceptors (Lipinski definition) is 4. The first-order valence-electron chi connectivity index (χ1n) is 12.1. The normalized spacial score (nSPS) is 14.4. The van der Waals surface area contributed by atoms with Gasteiger partial charge in [-0.2, -0.15) is 0 Å². The second kappa shape index (κ2) is 16.6. The molecule has 35 heavy (non-hydrogen) atoms. The van der Waals surface area contributed by atoms with Gasteiger partial charge in [0.15, 0.2) is 11.5 Å². The maximum Gasteiger partial charge on any atom is 0.161 e. The van der Waals surface area contributed by atoms with Gasteiger partial charge in [0.1, 0.15) is 6.61 Å². The molecule has 0 saturated heterocycles. The standard InChI is InChI=1S/C24H25NO2S.C4H8.C3H6/c1-26-24-16-22(12-13-23(24)27-18-19-8-4-2-5-9-19)28-25-15-14-20-10-6-3-7-11-21(20)17-25;1-3-4-2;1-3-2/h2-9,11-13,16H,10,14-15,17-18H2,1H3;3H,1,4H2,2H3;3H,1H2,2H3. The summed E-state index contributed by atoms with van der Waals surface area (Å²) in [6, 6.07) is 16.4. The van der Waals surface area contributed by atoms with Gasteiger partial charge >= 0.3 is 0 Å². The Labute approximate surface area is 216 Å². The lowest BCUT2D eigenvalue weighted by molar-refractivity contribution is 0.284. The quantitative estimate of drug-likeness (QED) is 0.287. The van der Waals surface area contributed by atoms with Crippen LogP contribution in [0, 0.1) is 0 Å². The van der Waals surface area contributed by atoms with E-state index in [-0.39, 0.29) is 0 Å². The molecule has 4 rings (SSSR count). The van der Waals surface area contributed by atoms with Crippen LogP contribution in [-0.2, 0) is 6.61 Å². The molecule has 186 valence electrons. The van der Waals surface area contributed by atoms with Crippen molar-refractivity contribution in [2.24, 2.45) is 0 Å². The van der Waals surface area contributed by atoms with Crippen LogP contribution in [0.1, 0.15) is 38.7 Å². The number of methoxy groups -OCH3 is 1. The van der Waals surface area contributed by atoms with Crippen LogP contribution >= 0.6 is 11.9 Å². The average Bonchev–Trinajstić information content (AvgIpc) is 3.14. The fraction of sp³-hybridized carbons (Fsp3) is 0.290. The van der Waals surface area contributed by atoms with Gasteiger partial charge in [0, 0.05) is 18.0 Å². The summed E-state index contributed by atoms with van der Waals surface area (Å²) in [6.07, 6.45) is 15.7. The summed E-state index contributed by atoms with van der Waals surface area (Å²) in [5, 5.41) is 0. The highest BCUT2D eigenvalue weighted by Gasteiger charge is 2.19. The van der Waals surface area contributed by atoms with E-state index >= 15 is 0 Å². The summed E-state index contributed by atoms with van der Waals surface area (Å²) < 4.78 is 14.0. The van der Waals surface area contributed by atoms with Crippen LogP contribution < -0.4 is 9.47 Å². The van der Waals surface area contributed by atoms with E-state index < -0.39 is 0 Å². The van der Waals surface area contributed by atoms with Crippen molar-refractivity contribution in [1.29, 1.82) is 0 Å². The number of rotatable bonds is 7. The molecule has 1 aliphatic heterocycles. The first-order valence-corrected chi connectivity index (χ1v) is 12.9. The van der Waals surface area contributed by atoms with Crippen molar-refractivity contribution in [1.82, 2.24) is 4.31 Å². The Hall–Kier alpha value is -2.95. The third-order valence-electron chi connectivity index (χ3n) is 5.27. The van der Waals surface area contributed by atoms with E-state index in [1.54, 1.807) is 30.7 Å². The Kier molecular flexibility index (Phi) is 13.4. The fourth-order valence-corrected chi connectivity index (χ4v) is 4.42. The zero-order valence-corrected chi connectivity index (χ0v) is 22.2.